The third kappa shape index (κ3) is 3.72. The Morgan fingerprint density at radius 3 is 2.50 bits per heavy atom. The molecular formula is C17H25N3O3S. The van der Waals surface area contributed by atoms with Crippen molar-refractivity contribution in [2.45, 2.75) is 38.8 Å². The average Bonchev–Trinajstić information content (AvgIpc) is 2.61. The van der Waals surface area contributed by atoms with Gasteiger partial charge in [-0.3, -0.25) is 0 Å². The van der Waals surface area contributed by atoms with Gasteiger partial charge in [0.05, 0.1) is 5.75 Å². The van der Waals surface area contributed by atoms with Gasteiger partial charge in [-0.05, 0) is 37.3 Å². The molecule has 2 amide bonds. The zero-order valence-electron chi connectivity index (χ0n) is 14.1. The van der Waals surface area contributed by atoms with Gasteiger partial charge in [-0.15, -0.1) is 0 Å². The smallest absolute Gasteiger partial charge is 0.317 e. The minimum Gasteiger partial charge on any atom is -0.335 e. The van der Waals surface area contributed by atoms with E-state index in [2.05, 4.69) is 17.4 Å². The third-order valence-corrected chi connectivity index (χ3v) is 6.84. The number of benzene rings is 1. The van der Waals surface area contributed by atoms with Crippen molar-refractivity contribution in [1.82, 2.24) is 14.5 Å². The number of hydrogen-bond acceptors (Lipinski definition) is 3. The number of urea groups is 1. The van der Waals surface area contributed by atoms with Crippen LogP contribution >= 0.6 is 0 Å². The fourth-order valence-electron chi connectivity index (χ4n) is 3.40. The largest absolute Gasteiger partial charge is 0.335 e. The molecule has 0 bridgehead atoms. The zero-order valence-corrected chi connectivity index (χ0v) is 14.9. The summed E-state index contributed by atoms with van der Waals surface area (Å²) in [5.41, 5.74) is 2.53. The maximum atomic E-state index is 12.5. The van der Waals surface area contributed by atoms with Crippen LogP contribution in [0.25, 0.3) is 0 Å². The summed E-state index contributed by atoms with van der Waals surface area (Å²) < 4.78 is 25.3. The lowest BCUT2D eigenvalue weighted by molar-refractivity contribution is 0.182. The number of hydrogen-bond donors (Lipinski definition) is 1. The van der Waals surface area contributed by atoms with Crippen molar-refractivity contribution in [3.63, 3.8) is 0 Å². The third-order valence-electron chi connectivity index (χ3n) is 4.96. The summed E-state index contributed by atoms with van der Waals surface area (Å²) in [6, 6.07) is 8.24. The van der Waals surface area contributed by atoms with Crippen LogP contribution in [0.5, 0.6) is 0 Å². The van der Waals surface area contributed by atoms with E-state index in [0.717, 1.165) is 13.0 Å². The Hall–Kier alpha value is -1.60. The molecule has 3 rings (SSSR count). The van der Waals surface area contributed by atoms with Crippen LogP contribution in [-0.4, -0.2) is 55.1 Å². The first kappa shape index (κ1) is 17.2. The molecule has 1 fully saturated rings. The minimum absolute atomic E-state index is 0.0405. The van der Waals surface area contributed by atoms with E-state index in [1.54, 1.807) is 6.92 Å². The van der Waals surface area contributed by atoms with Crippen LogP contribution in [0, 0.1) is 0 Å². The molecule has 1 aromatic rings. The molecule has 0 radical (unpaired) electrons. The SMILES string of the molecule is CCS(=O)(=O)N1CCC(NC(=O)N2CCc3ccccc3C2)CC1. The van der Waals surface area contributed by atoms with Crippen LogP contribution in [0.3, 0.4) is 0 Å². The van der Waals surface area contributed by atoms with Crippen LogP contribution in [0.2, 0.25) is 0 Å². The molecule has 1 aromatic carbocycles. The molecule has 0 unspecified atom stereocenters. The highest BCUT2D eigenvalue weighted by Crippen LogP contribution is 2.19. The number of fused-ring (bicyclic) bond motifs is 1. The second kappa shape index (κ2) is 7.11. The summed E-state index contributed by atoms with van der Waals surface area (Å²) in [5, 5.41) is 3.07. The second-order valence-corrected chi connectivity index (χ2v) is 8.72. The number of nitrogens with one attached hydrogen (secondary N) is 1. The molecule has 0 aliphatic carbocycles. The molecular weight excluding hydrogens is 326 g/mol. The number of piperidine rings is 1. The predicted molar refractivity (Wildman–Crippen MR) is 93.1 cm³/mol. The van der Waals surface area contributed by atoms with Gasteiger partial charge in [-0.25, -0.2) is 17.5 Å². The van der Waals surface area contributed by atoms with E-state index in [-0.39, 0.29) is 17.8 Å². The van der Waals surface area contributed by atoms with Gasteiger partial charge in [0, 0.05) is 32.2 Å². The second-order valence-electron chi connectivity index (χ2n) is 6.46. The van der Waals surface area contributed by atoms with E-state index in [1.165, 1.54) is 15.4 Å². The zero-order chi connectivity index (χ0) is 17.2. The number of nitrogens with zero attached hydrogens (tertiary/aromatic N) is 2. The van der Waals surface area contributed by atoms with Gasteiger partial charge >= 0.3 is 6.03 Å². The fraction of sp³-hybridized carbons (Fsp3) is 0.588. The van der Waals surface area contributed by atoms with Gasteiger partial charge < -0.3 is 10.2 Å². The molecule has 6 nitrogen and oxygen atoms in total. The van der Waals surface area contributed by atoms with Crippen LogP contribution < -0.4 is 5.32 Å². The molecule has 2 heterocycles. The monoisotopic (exact) mass is 351 g/mol. The predicted octanol–water partition coefficient (Wildman–Crippen LogP) is 1.57. The number of amides is 2. The van der Waals surface area contributed by atoms with Crippen molar-refractivity contribution in [3.8, 4) is 0 Å². The molecule has 1 saturated heterocycles. The Bertz CT molecular complexity index is 697. The Balaban J connectivity index is 1.52. The number of rotatable bonds is 3. The summed E-state index contributed by atoms with van der Waals surface area (Å²) in [7, 11) is -3.12. The van der Waals surface area contributed by atoms with Gasteiger partial charge in [0.2, 0.25) is 10.0 Å². The molecule has 0 spiro atoms. The van der Waals surface area contributed by atoms with Crippen molar-refractivity contribution in [2.75, 3.05) is 25.4 Å². The van der Waals surface area contributed by atoms with Gasteiger partial charge in [0.25, 0.3) is 0 Å². The number of carbonyl (C=O) groups is 1. The summed E-state index contributed by atoms with van der Waals surface area (Å²) in [6.07, 6.45) is 2.24. The lowest BCUT2D eigenvalue weighted by atomic mass is 10.0. The summed E-state index contributed by atoms with van der Waals surface area (Å²) in [6.45, 7) is 4.02. The van der Waals surface area contributed by atoms with Crippen LogP contribution in [0.15, 0.2) is 24.3 Å². The van der Waals surface area contributed by atoms with Crippen molar-refractivity contribution >= 4 is 16.1 Å². The normalized spacial score (nSPS) is 19.8. The highest BCUT2D eigenvalue weighted by Gasteiger charge is 2.29. The topological polar surface area (TPSA) is 69.7 Å². The first-order chi connectivity index (χ1) is 11.5. The summed E-state index contributed by atoms with van der Waals surface area (Å²) in [4.78, 5) is 14.3. The maximum absolute atomic E-state index is 12.5. The Kier molecular flexibility index (Phi) is 5.10. The molecule has 1 N–H and O–H groups in total. The summed E-state index contributed by atoms with van der Waals surface area (Å²) in [5.74, 6) is 0.136. The van der Waals surface area contributed by atoms with Gasteiger partial charge in [-0.2, -0.15) is 0 Å². The van der Waals surface area contributed by atoms with Gasteiger partial charge in [0.1, 0.15) is 0 Å². The van der Waals surface area contributed by atoms with E-state index < -0.39 is 10.0 Å². The lowest BCUT2D eigenvalue weighted by Gasteiger charge is -2.34. The maximum Gasteiger partial charge on any atom is 0.317 e. The van der Waals surface area contributed by atoms with Crippen LogP contribution in [0.4, 0.5) is 4.79 Å². The van der Waals surface area contributed by atoms with E-state index >= 15 is 0 Å². The Morgan fingerprint density at radius 1 is 1.17 bits per heavy atom. The highest BCUT2D eigenvalue weighted by molar-refractivity contribution is 7.89. The van der Waals surface area contributed by atoms with Crippen LogP contribution in [-0.2, 0) is 23.0 Å². The van der Waals surface area contributed by atoms with Gasteiger partial charge in [-0.1, -0.05) is 24.3 Å². The first-order valence-electron chi connectivity index (χ1n) is 8.59. The highest BCUT2D eigenvalue weighted by atomic mass is 32.2. The van der Waals surface area contributed by atoms with E-state index in [1.807, 2.05) is 17.0 Å². The average molecular weight is 351 g/mol. The molecule has 7 heteroatoms. The van der Waals surface area contributed by atoms with Crippen molar-refractivity contribution in [2.24, 2.45) is 0 Å². The minimum atomic E-state index is -3.12. The standard InChI is InChI=1S/C17H25N3O3S/c1-2-24(22,23)20-11-8-16(9-12-20)18-17(21)19-10-7-14-5-3-4-6-15(14)13-19/h3-6,16H,2,7-13H2,1H3,(H,18,21). The Morgan fingerprint density at radius 2 is 1.83 bits per heavy atom. The quantitative estimate of drug-likeness (QED) is 0.899. The molecule has 2 aliphatic rings. The van der Waals surface area contributed by atoms with Crippen LogP contribution in [0.1, 0.15) is 30.9 Å². The molecule has 132 valence electrons. The Labute approximate surface area is 143 Å². The first-order valence-corrected chi connectivity index (χ1v) is 10.2. The molecule has 2 aliphatic heterocycles. The molecule has 0 saturated carbocycles. The summed E-state index contributed by atoms with van der Waals surface area (Å²) >= 11 is 0. The van der Waals surface area contributed by atoms with Crippen molar-refractivity contribution in [1.29, 1.82) is 0 Å². The lowest BCUT2D eigenvalue weighted by Crippen LogP contribution is -2.51. The number of carbonyl (C=O) groups excluding carboxylic acids is 1. The van der Waals surface area contributed by atoms with E-state index in [4.69, 9.17) is 0 Å². The van der Waals surface area contributed by atoms with E-state index in [0.29, 0.717) is 32.5 Å². The number of sulfonamides is 1. The fourth-order valence-corrected chi connectivity index (χ4v) is 4.53. The molecule has 24 heavy (non-hydrogen) atoms. The molecule has 0 aromatic heterocycles. The van der Waals surface area contributed by atoms with Gasteiger partial charge in [0.15, 0.2) is 0 Å². The molecule has 0 atom stereocenters. The van der Waals surface area contributed by atoms with Crippen molar-refractivity contribution in [3.05, 3.63) is 35.4 Å². The van der Waals surface area contributed by atoms with Crippen molar-refractivity contribution < 1.29 is 13.2 Å². The van der Waals surface area contributed by atoms with E-state index in [9.17, 15) is 13.2 Å².